The number of ether oxygens (including phenoxy) is 2. The van der Waals surface area contributed by atoms with E-state index in [-0.39, 0.29) is 18.3 Å². The fourth-order valence-electron chi connectivity index (χ4n) is 2.53. The van der Waals surface area contributed by atoms with Crippen molar-refractivity contribution in [2.75, 3.05) is 40.0 Å². The summed E-state index contributed by atoms with van der Waals surface area (Å²) in [6.07, 6.45) is 2.66. The van der Waals surface area contributed by atoms with Crippen molar-refractivity contribution in [3.63, 3.8) is 0 Å². The third kappa shape index (κ3) is 5.95. The molecule has 1 rings (SSSR count). The highest BCUT2D eigenvalue weighted by atomic mass is 35.5. The second-order valence-electron chi connectivity index (χ2n) is 5.64. The van der Waals surface area contributed by atoms with Crippen molar-refractivity contribution in [2.45, 2.75) is 38.6 Å². The second kappa shape index (κ2) is 9.55. The van der Waals surface area contributed by atoms with Crippen LogP contribution in [0.4, 0.5) is 0 Å². The largest absolute Gasteiger partial charge is 0.382 e. The third-order valence-corrected chi connectivity index (χ3v) is 3.62. The molecule has 1 fully saturated rings. The van der Waals surface area contributed by atoms with Crippen molar-refractivity contribution in [3.8, 4) is 0 Å². The Morgan fingerprint density at radius 1 is 1.45 bits per heavy atom. The fraction of sp³-hybridized carbons (Fsp3) is 0.929. The molecule has 0 aromatic heterocycles. The SMILES string of the molecule is CCCC(C)(N)C(=O)N1CCC(COCCOC)C1.Cl. The predicted molar refractivity (Wildman–Crippen MR) is 82.1 cm³/mol. The van der Waals surface area contributed by atoms with Crippen LogP contribution >= 0.6 is 12.4 Å². The van der Waals surface area contributed by atoms with E-state index in [1.807, 2.05) is 11.8 Å². The minimum absolute atomic E-state index is 0. The molecule has 2 atom stereocenters. The van der Waals surface area contributed by atoms with Crippen LogP contribution in [0, 0.1) is 5.92 Å². The van der Waals surface area contributed by atoms with Gasteiger partial charge in [0.1, 0.15) is 0 Å². The smallest absolute Gasteiger partial charge is 0.242 e. The van der Waals surface area contributed by atoms with Crippen molar-refractivity contribution in [1.82, 2.24) is 4.90 Å². The lowest BCUT2D eigenvalue weighted by atomic mass is 9.96. The van der Waals surface area contributed by atoms with E-state index in [2.05, 4.69) is 6.92 Å². The molecule has 1 aliphatic rings. The highest BCUT2D eigenvalue weighted by Crippen LogP contribution is 2.21. The van der Waals surface area contributed by atoms with Crippen LogP contribution in [0.3, 0.4) is 0 Å². The molecular formula is C14H29ClN2O3. The number of carbonyl (C=O) groups is 1. The number of halogens is 1. The first-order valence-electron chi connectivity index (χ1n) is 7.16. The number of likely N-dealkylation sites (tertiary alicyclic amines) is 1. The van der Waals surface area contributed by atoms with Crippen molar-refractivity contribution in [1.29, 1.82) is 0 Å². The molecule has 1 amide bonds. The van der Waals surface area contributed by atoms with Crippen LogP contribution in [-0.2, 0) is 14.3 Å². The number of nitrogens with zero attached hydrogens (tertiary/aromatic N) is 1. The van der Waals surface area contributed by atoms with Gasteiger partial charge in [0.05, 0.1) is 25.4 Å². The van der Waals surface area contributed by atoms with E-state index in [9.17, 15) is 4.79 Å². The second-order valence-corrected chi connectivity index (χ2v) is 5.64. The van der Waals surface area contributed by atoms with Crippen LogP contribution in [0.15, 0.2) is 0 Å². The first kappa shape index (κ1) is 19.6. The molecule has 2 unspecified atom stereocenters. The summed E-state index contributed by atoms with van der Waals surface area (Å²) in [6.45, 7) is 7.38. The molecule has 0 aromatic carbocycles. The molecular weight excluding hydrogens is 280 g/mol. The van der Waals surface area contributed by atoms with E-state index in [1.165, 1.54) is 0 Å². The van der Waals surface area contributed by atoms with Crippen LogP contribution in [0.5, 0.6) is 0 Å². The Labute approximate surface area is 128 Å². The van der Waals surface area contributed by atoms with Gasteiger partial charge in [-0.15, -0.1) is 12.4 Å². The van der Waals surface area contributed by atoms with Gasteiger partial charge in [0, 0.05) is 26.1 Å². The summed E-state index contributed by atoms with van der Waals surface area (Å²) in [6, 6.07) is 0. The molecule has 5 nitrogen and oxygen atoms in total. The Morgan fingerprint density at radius 3 is 2.75 bits per heavy atom. The van der Waals surface area contributed by atoms with Crippen molar-refractivity contribution in [2.24, 2.45) is 11.7 Å². The number of rotatable bonds is 8. The maximum Gasteiger partial charge on any atom is 0.242 e. The molecule has 2 N–H and O–H groups in total. The van der Waals surface area contributed by atoms with Gasteiger partial charge in [0.25, 0.3) is 0 Å². The number of hydrogen-bond donors (Lipinski definition) is 1. The molecule has 20 heavy (non-hydrogen) atoms. The van der Waals surface area contributed by atoms with Gasteiger partial charge in [-0.3, -0.25) is 4.79 Å². The minimum Gasteiger partial charge on any atom is -0.382 e. The van der Waals surface area contributed by atoms with Crippen molar-refractivity contribution >= 4 is 18.3 Å². The first-order chi connectivity index (χ1) is 9.01. The minimum atomic E-state index is -0.722. The molecule has 0 bridgehead atoms. The molecule has 0 aromatic rings. The molecule has 0 aliphatic carbocycles. The van der Waals surface area contributed by atoms with E-state index in [1.54, 1.807) is 7.11 Å². The summed E-state index contributed by atoms with van der Waals surface area (Å²) in [5.74, 6) is 0.506. The fourth-order valence-corrected chi connectivity index (χ4v) is 2.53. The van der Waals surface area contributed by atoms with Crippen LogP contribution in [-0.4, -0.2) is 56.4 Å². The number of carbonyl (C=O) groups excluding carboxylic acids is 1. The number of methoxy groups -OCH3 is 1. The predicted octanol–water partition coefficient (Wildman–Crippen LogP) is 1.44. The normalized spacial score (nSPS) is 21.4. The van der Waals surface area contributed by atoms with Gasteiger partial charge >= 0.3 is 0 Å². The molecule has 0 spiro atoms. The van der Waals surface area contributed by atoms with Gasteiger partial charge in [-0.2, -0.15) is 0 Å². The zero-order valence-electron chi connectivity index (χ0n) is 12.9. The summed E-state index contributed by atoms with van der Waals surface area (Å²) < 4.78 is 10.5. The standard InChI is InChI=1S/C14H28N2O3.ClH/c1-4-6-14(2,15)13(17)16-7-5-12(10-16)11-19-9-8-18-3;/h12H,4-11,15H2,1-3H3;1H. The summed E-state index contributed by atoms with van der Waals surface area (Å²) in [5.41, 5.74) is 5.38. The van der Waals surface area contributed by atoms with Gasteiger partial charge in [-0.25, -0.2) is 0 Å². The number of nitrogens with two attached hydrogens (primary N) is 1. The summed E-state index contributed by atoms with van der Waals surface area (Å²) in [4.78, 5) is 14.2. The topological polar surface area (TPSA) is 64.8 Å². The van der Waals surface area contributed by atoms with Gasteiger partial charge in [0.15, 0.2) is 0 Å². The van der Waals surface area contributed by atoms with E-state index < -0.39 is 5.54 Å². The van der Waals surface area contributed by atoms with E-state index >= 15 is 0 Å². The average molecular weight is 309 g/mol. The van der Waals surface area contributed by atoms with Crippen LogP contribution in [0.1, 0.15) is 33.1 Å². The zero-order valence-corrected chi connectivity index (χ0v) is 13.7. The Kier molecular flexibility index (Phi) is 9.38. The molecule has 1 saturated heterocycles. The van der Waals surface area contributed by atoms with Gasteiger partial charge in [-0.1, -0.05) is 13.3 Å². The third-order valence-electron chi connectivity index (χ3n) is 3.62. The molecule has 1 heterocycles. The number of amides is 1. The number of hydrogen-bond acceptors (Lipinski definition) is 4. The maximum absolute atomic E-state index is 12.3. The first-order valence-corrected chi connectivity index (χ1v) is 7.16. The van der Waals surface area contributed by atoms with Crippen molar-refractivity contribution < 1.29 is 14.3 Å². The van der Waals surface area contributed by atoms with Gasteiger partial charge in [-0.05, 0) is 19.8 Å². The van der Waals surface area contributed by atoms with Crippen LogP contribution in [0.25, 0.3) is 0 Å². The Hall–Kier alpha value is -0.360. The highest BCUT2D eigenvalue weighted by Gasteiger charge is 2.35. The Balaban J connectivity index is 0.00000361. The van der Waals surface area contributed by atoms with Gasteiger partial charge < -0.3 is 20.1 Å². The van der Waals surface area contributed by atoms with E-state index in [0.29, 0.717) is 25.7 Å². The lowest BCUT2D eigenvalue weighted by Crippen LogP contribution is -2.52. The van der Waals surface area contributed by atoms with Gasteiger partial charge in [0.2, 0.25) is 5.91 Å². The zero-order chi connectivity index (χ0) is 14.3. The lowest BCUT2D eigenvalue weighted by molar-refractivity contribution is -0.135. The Bertz CT molecular complexity index is 288. The summed E-state index contributed by atoms with van der Waals surface area (Å²) in [7, 11) is 1.66. The monoisotopic (exact) mass is 308 g/mol. The van der Waals surface area contributed by atoms with E-state index in [0.717, 1.165) is 32.4 Å². The summed E-state index contributed by atoms with van der Waals surface area (Å²) >= 11 is 0. The Morgan fingerprint density at radius 2 is 2.15 bits per heavy atom. The molecule has 120 valence electrons. The maximum atomic E-state index is 12.3. The molecule has 0 radical (unpaired) electrons. The van der Waals surface area contributed by atoms with Crippen molar-refractivity contribution in [3.05, 3.63) is 0 Å². The quantitative estimate of drug-likeness (QED) is 0.689. The lowest BCUT2D eigenvalue weighted by Gasteiger charge is -2.28. The highest BCUT2D eigenvalue weighted by molar-refractivity contribution is 5.86. The van der Waals surface area contributed by atoms with E-state index in [4.69, 9.17) is 15.2 Å². The molecule has 6 heteroatoms. The average Bonchev–Trinajstić information content (AvgIpc) is 2.82. The molecule has 0 saturated carbocycles. The van der Waals surface area contributed by atoms with Crippen LogP contribution < -0.4 is 5.73 Å². The molecule has 1 aliphatic heterocycles. The van der Waals surface area contributed by atoms with Crippen LogP contribution in [0.2, 0.25) is 0 Å². The summed E-state index contributed by atoms with van der Waals surface area (Å²) in [5, 5.41) is 0.